The van der Waals surface area contributed by atoms with Crippen molar-refractivity contribution in [3.63, 3.8) is 0 Å². The van der Waals surface area contributed by atoms with Crippen LogP contribution in [0.4, 0.5) is 11.6 Å². The smallest absolute Gasteiger partial charge is 0.158 e. The van der Waals surface area contributed by atoms with Crippen LogP contribution in [-0.2, 0) is 16.1 Å². The Labute approximate surface area is 120 Å². The number of hydrogen-bond donors (Lipinski definition) is 2. The lowest BCUT2D eigenvalue weighted by atomic mass is 10.2. The summed E-state index contributed by atoms with van der Waals surface area (Å²) in [6.45, 7) is 3.05. The van der Waals surface area contributed by atoms with Crippen molar-refractivity contribution in [1.29, 1.82) is 0 Å². The molecule has 1 heterocycles. The fraction of sp³-hybridized carbons (Fsp3) is 0.714. The summed E-state index contributed by atoms with van der Waals surface area (Å²) in [5, 5.41) is 6.52. The highest BCUT2D eigenvalue weighted by Crippen LogP contribution is 2.25. The van der Waals surface area contributed by atoms with E-state index in [4.69, 9.17) is 9.47 Å². The first-order valence-corrected chi connectivity index (χ1v) is 7.19. The molecule has 0 radical (unpaired) electrons. The van der Waals surface area contributed by atoms with E-state index in [0.717, 1.165) is 24.5 Å². The summed E-state index contributed by atoms with van der Waals surface area (Å²) < 4.78 is 10.9. The van der Waals surface area contributed by atoms with Crippen LogP contribution in [0, 0.1) is 0 Å². The van der Waals surface area contributed by atoms with Crippen LogP contribution in [0.5, 0.6) is 0 Å². The van der Waals surface area contributed by atoms with Gasteiger partial charge in [-0.1, -0.05) is 0 Å². The van der Waals surface area contributed by atoms with Crippen molar-refractivity contribution in [1.82, 2.24) is 9.97 Å². The van der Waals surface area contributed by atoms with Gasteiger partial charge in [0.1, 0.15) is 18.2 Å². The van der Waals surface area contributed by atoms with Gasteiger partial charge < -0.3 is 20.1 Å². The first-order valence-electron chi connectivity index (χ1n) is 7.19. The average molecular weight is 280 g/mol. The van der Waals surface area contributed by atoms with Gasteiger partial charge in [-0.3, -0.25) is 0 Å². The Hall–Kier alpha value is -1.40. The predicted molar refractivity (Wildman–Crippen MR) is 79.0 cm³/mol. The summed E-state index contributed by atoms with van der Waals surface area (Å²) >= 11 is 0. The minimum absolute atomic E-state index is 0.262. The monoisotopic (exact) mass is 280 g/mol. The number of anilines is 2. The summed E-state index contributed by atoms with van der Waals surface area (Å²) in [6, 6.07) is 2.24. The van der Waals surface area contributed by atoms with Gasteiger partial charge in [0.15, 0.2) is 5.82 Å². The normalized spacial score (nSPS) is 21.9. The lowest BCUT2D eigenvalue weighted by molar-refractivity contribution is 0.101. The molecule has 1 aliphatic rings. The van der Waals surface area contributed by atoms with Crippen molar-refractivity contribution >= 4 is 11.6 Å². The molecule has 1 aromatic heterocycles. The first kappa shape index (κ1) is 15.0. The van der Waals surface area contributed by atoms with Crippen LogP contribution in [0.15, 0.2) is 6.07 Å². The van der Waals surface area contributed by atoms with Crippen LogP contribution in [0.1, 0.15) is 32.0 Å². The third kappa shape index (κ3) is 3.80. The molecule has 0 aliphatic heterocycles. The molecular weight excluding hydrogens is 256 g/mol. The molecule has 2 rings (SSSR count). The Morgan fingerprint density at radius 3 is 2.80 bits per heavy atom. The highest BCUT2D eigenvalue weighted by molar-refractivity contribution is 5.48. The molecule has 0 bridgehead atoms. The number of nitrogens with one attached hydrogen (secondary N) is 2. The zero-order valence-corrected chi connectivity index (χ0v) is 12.5. The summed E-state index contributed by atoms with van der Waals surface area (Å²) in [5.74, 6) is 2.31. The van der Waals surface area contributed by atoms with E-state index in [-0.39, 0.29) is 6.10 Å². The Balaban J connectivity index is 2.09. The second-order valence-corrected chi connectivity index (χ2v) is 4.90. The van der Waals surface area contributed by atoms with Gasteiger partial charge in [-0.15, -0.1) is 0 Å². The second kappa shape index (κ2) is 7.40. The topological polar surface area (TPSA) is 68.3 Å². The predicted octanol–water partition coefficient (Wildman–Crippen LogP) is 2.03. The van der Waals surface area contributed by atoms with E-state index in [0.29, 0.717) is 25.1 Å². The van der Waals surface area contributed by atoms with Crippen LogP contribution in [0.3, 0.4) is 0 Å². The van der Waals surface area contributed by atoms with Crippen LogP contribution in [0.2, 0.25) is 0 Å². The van der Waals surface area contributed by atoms with E-state index < -0.39 is 0 Å². The molecule has 0 amide bonds. The van der Waals surface area contributed by atoms with Crippen LogP contribution in [-0.4, -0.2) is 42.9 Å². The number of nitrogens with zero attached hydrogens (tertiary/aromatic N) is 2. The minimum Gasteiger partial charge on any atom is -0.379 e. The molecule has 0 saturated heterocycles. The number of hydrogen-bond acceptors (Lipinski definition) is 6. The minimum atomic E-state index is 0.262. The van der Waals surface area contributed by atoms with Gasteiger partial charge in [0.05, 0.1) is 12.1 Å². The van der Waals surface area contributed by atoms with E-state index >= 15 is 0 Å². The Morgan fingerprint density at radius 1 is 1.30 bits per heavy atom. The summed E-state index contributed by atoms with van der Waals surface area (Å²) in [5.41, 5.74) is 0. The maximum absolute atomic E-state index is 5.50. The third-order valence-corrected chi connectivity index (χ3v) is 3.55. The van der Waals surface area contributed by atoms with Gasteiger partial charge >= 0.3 is 0 Å². The van der Waals surface area contributed by atoms with Crippen molar-refractivity contribution in [2.45, 2.75) is 44.9 Å². The van der Waals surface area contributed by atoms with Crippen molar-refractivity contribution in [2.75, 3.05) is 31.4 Å². The van der Waals surface area contributed by atoms with E-state index in [1.165, 1.54) is 6.42 Å². The van der Waals surface area contributed by atoms with Crippen LogP contribution < -0.4 is 10.6 Å². The van der Waals surface area contributed by atoms with Crippen LogP contribution >= 0.6 is 0 Å². The number of methoxy groups -OCH3 is 1. The molecule has 2 atom stereocenters. The molecule has 1 fully saturated rings. The lowest BCUT2D eigenvalue weighted by Gasteiger charge is -2.20. The zero-order valence-electron chi connectivity index (χ0n) is 12.5. The van der Waals surface area contributed by atoms with Crippen molar-refractivity contribution in [3.8, 4) is 0 Å². The average Bonchev–Trinajstić information content (AvgIpc) is 2.92. The van der Waals surface area contributed by atoms with E-state index in [2.05, 4.69) is 20.6 Å². The lowest BCUT2D eigenvalue weighted by Crippen LogP contribution is -2.30. The molecule has 6 heteroatoms. The van der Waals surface area contributed by atoms with Crippen molar-refractivity contribution < 1.29 is 9.47 Å². The molecule has 2 unspecified atom stereocenters. The second-order valence-electron chi connectivity index (χ2n) is 4.90. The number of aromatic nitrogens is 2. The Morgan fingerprint density at radius 2 is 2.10 bits per heavy atom. The molecule has 20 heavy (non-hydrogen) atoms. The highest BCUT2D eigenvalue weighted by atomic mass is 16.5. The van der Waals surface area contributed by atoms with Gasteiger partial charge in [0, 0.05) is 26.8 Å². The maximum atomic E-state index is 5.50. The molecule has 1 aromatic rings. The van der Waals surface area contributed by atoms with Gasteiger partial charge in [0.25, 0.3) is 0 Å². The van der Waals surface area contributed by atoms with Gasteiger partial charge in [-0.2, -0.15) is 0 Å². The standard InChI is InChI=1S/C14H24N4O2/c1-4-20-9-14-17-12(15-2)8-13(18-14)16-10-6-5-7-11(10)19-3/h8,10-11H,4-7,9H2,1-3H3,(H2,15,16,17,18). The Bertz CT molecular complexity index is 428. The molecule has 112 valence electrons. The SMILES string of the molecule is CCOCc1nc(NC)cc(NC2CCCC2OC)n1. The highest BCUT2D eigenvalue weighted by Gasteiger charge is 2.27. The fourth-order valence-corrected chi connectivity index (χ4v) is 2.52. The van der Waals surface area contributed by atoms with Crippen LogP contribution in [0.25, 0.3) is 0 Å². The van der Waals surface area contributed by atoms with Gasteiger partial charge in [-0.25, -0.2) is 9.97 Å². The molecule has 6 nitrogen and oxygen atoms in total. The molecule has 1 saturated carbocycles. The summed E-state index contributed by atoms with van der Waals surface area (Å²) in [4.78, 5) is 8.89. The largest absolute Gasteiger partial charge is 0.379 e. The summed E-state index contributed by atoms with van der Waals surface area (Å²) in [7, 11) is 3.62. The fourth-order valence-electron chi connectivity index (χ4n) is 2.52. The van der Waals surface area contributed by atoms with Crippen molar-refractivity contribution in [2.24, 2.45) is 0 Å². The molecule has 0 spiro atoms. The van der Waals surface area contributed by atoms with E-state index in [1.807, 2.05) is 20.0 Å². The van der Waals surface area contributed by atoms with E-state index in [1.54, 1.807) is 7.11 Å². The number of ether oxygens (including phenoxy) is 2. The maximum Gasteiger partial charge on any atom is 0.158 e. The first-order chi connectivity index (χ1) is 9.76. The van der Waals surface area contributed by atoms with E-state index in [9.17, 15) is 0 Å². The number of rotatable bonds is 7. The molecule has 0 aromatic carbocycles. The summed E-state index contributed by atoms with van der Waals surface area (Å²) in [6.07, 6.45) is 3.66. The Kier molecular flexibility index (Phi) is 5.55. The van der Waals surface area contributed by atoms with Gasteiger partial charge in [-0.05, 0) is 26.2 Å². The zero-order chi connectivity index (χ0) is 14.4. The third-order valence-electron chi connectivity index (χ3n) is 3.55. The molecule has 2 N–H and O–H groups in total. The molecular formula is C14H24N4O2. The van der Waals surface area contributed by atoms with Gasteiger partial charge in [0.2, 0.25) is 0 Å². The molecule has 1 aliphatic carbocycles. The quantitative estimate of drug-likeness (QED) is 0.796. The van der Waals surface area contributed by atoms with Crippen molar-refractivity contribution in [3.05, 3.63) is 11.9 Å².